The second-order valence-corrected chi connectivity index (χ2v) is 9.08. The van der Waals surface area contributed by atoms with Crippen LogP contribution in [0.2, 0.25) is 5.02 Å². The van der Waals surface area contributed by atoms with Crippen molar-refractivity contribution in [2.24, 2.45) is 0 Å². The summed E-state index contributed by atoms with van der Waals surface area (Å²) in [5.41, 5.74) is 0.289. The molecule has 1 N–H and O–H groups in total. The van der Waals surface area contributed by atoms with Crippen LogP contribution in [0.1, 0.15) is 42.1 Å². The maximum atomic E-state index is 13.3. The fourth-order valence-electron chi connectivity index (χ4n) is 3.86. The topological polar surface area (TPSA) is 77.9 Å². The Balaban J connectivity index is 2.04. The number of hydrogen-bond acceptors (Lipinski definition) is 4. The third kappa shape index (κ3) is 3.30. The summed E-state index contributed by atoms with van der Waals surface area (Å²) in [5, 5.41) is 9.41. The highest BCUT2D eigenvalue weighted by Crippen LogP contribution is 2.33. The SMILES string of the molecule is CCC1CN2CCCC2CN1S(=O)(=O)c1cc(C(=O)O)cc(Cl)c1C. The summed E-state index contributed by atoms with van der Waals surface area (Å²) in [6.07, 6.45) is 2.81. The molecule has 0 amide bonds. The third-order valence-corrected chi connectivity index (χ3v) is 7.78. The molecule has 0 aliphatic carbocycles. The van der Waals surface area contributed by atoms with Crippen LogP contribution >= 0.6 is 11.6 Å². The smallest absolute Gasteiger partial charge is 0.335 e. The lowest BCUT2D eigenvalue weighted by molar-refractivity contribution is 0.0696. The molecule has 2 aliphatic rings. The summed E-state index contributed by atoms with van der Waals surface area (Å²) >= 11 is 6.11. The lowest BCUT2D eigenvalue weighted by atomic mass is 10.1. The first-order valence-electron chi connectivity index (χ1n) is 8.55. The quantitative estimate of drug-likeness (QED) is 0.860. The minimum atomic E-state index is -3.81. The molecule has 2 heterocycles. The average molecular weight is 387 g/mol. The molecule has 8 heteroatoms. The average Bonchev–Trinajstić information content (AvgIpc) is 3.02. The second-order valence-electron chi connectivity index (χ2n) is 6.81. The molecule has 0 spiro atoms. The van der Waals surface area contributed by atoms with Crippen LogP contribution in [0.25, 0.3) is 0 Å². The first-order chi connectivity index (χ1) is 11.8. The molecule has 0 aromatic heterocycles. The number of rotatable bonds is 4. The summed E-state index contributed by atoms with van der Waals surface area (Å²) in [6, 6.07) is 2.67. The zero-order valence-corrected chi connectivity index (χ0v) is 16.0. The van der Waals surface area contributed by atoms with Gasteiger partial charge >= 0.3 is 5.97 Å². The predicted octanol–water partition coefficient (Wildman–Crippen LogP) is 2.59. The standard InChI is InChI=1S/C17H23ClN2O4S/c1-3-13-9-19-6-4-5-14(19)10-20(13)25(23,24)16-8-12(17(21)22)7-15(18)11(16)2/h7-8,13-14H,3-6,9-10H2,1-2H3,(H,21,22). The molecule has 25 heavy (non-hydrogen) atoms. The summed E-state index contributed by atoms with van der Waals surface area (Å²) < 4.78 is 28.3. The van der Waals surface area contributed by atoms with Crippen LogP contribution in [-0.2, 0) is 10.0 Å². The molecular weight excluding hydrogens is 364 g/mol. The van der Waals surface area contributed by atoms with Gasteiger partial charge in [0.25, 0.3) is 0 Å². The van der Waals surface area contributed by atoms with Gasteiger partial charge in [0.2, 0.25) is 10.0 Å². The van der Waals surface area contributed by atoms with Gasteiger partial charge in [0.1, 0.15) is 0 Å². The Morgan fingerprint density at radius 1 is 1.36 bits per heavy atom. The molecule has 2 aliphatic heterocycles. The number of fused-ring (bicyclic) bond motifs is 1. The van der Waals surface area contributed by atoms with Crippen LogP contribution in [0.5, 0.6) is 0 Å². The van der Waals surface area contributed by atoms with E-state index < -0.39 is 16.0 Å². The van der Waals surface area contributed by atoms with E-state index in [0.29, 0.717) is 18.5 Å². The zero-order chi connectivity index (χ0) is 18.4. The molecule has 6 nitrogen and oxygen atoms in total. The first kappa shape index (κ1) is 18.6. The Hall–Kier alpha value is -1.15. The van der Waals surface area contributed by atoms with Crippen molar-refractivity contribution in [1.82, 2.24) is 9.21 Å². The van der Waals surface area contributed by atoms with E-state index in [4.69, 9.17) is 11.6 Å². The van der Waals surface area contributed by atoms with Crippen molar-refractivity contribution in [1.29, 1.82) is 0 Å². The molecule has 3 rings (SSSR count). The van der Waals surface area contributed by atoms with Crippen LogP contribution in [0, 0.1) is 6.92 Å². The molecule has 1 aromatic carbocycles. The predicted molar refractivity (Wildman–Crippen MR) is 95.7 cm³/mol. The maximum absolute atomic E-state index is 13.3. The van der Waals surface area contributed by atoms with Gasteiger partial charge in [-0.1, -0.05) is 18.5 Å². The fourth-order valence-corrected chi connectivity index (χ4v) is 6.14. The Labute approximate surface area is 153 Å². The number of nitrogens with zero attached hydrogens (tertiary/aromatic N) is 2. The highest BCUT2D eigenvalue weighted by molar-refractivity contribution is 7.89. The number of carboxylic acid groups (broad SMARTS) is 1. The molecule has 2 unspecified atom stereocenters. The number of carbonyl (C=O) groups is 1. The van der Waals surface area contributed by atoms with Crippen molar-refractivity contribution in [3.8, 4) is 0 Å². The van der Waals surface area contributed by atoms with E-state index in [0.717, 1.165) is 25.9 Å². The summed E-state index contributed by atoms with van der Waals surface area (Å²) in [6.45, 7) is 5.81. The van der Waals surface area contributed by atoms with Crippen LogP contribution in [0.15, 0.2) is 17.0 Å². The van der Waals surface area contributed by atoms with E-state index >= 15 is 0 Å². The van der Waals surface area contributed by atoms with Crippen molar-refractivity contribution in [2.45, 2.75) is 50.1 Å². The number of piperazine rings is 1. The van der Waals surface area contributed by atoms with Crippen LogP contribution < -0.4 is 0 Å². The van der Waals surface area contributed by atoms with Gasteiger partial charge in [0.15, 0.2) is 0 Å². The molecule has 2 saturated heterocycles. The Morgan fingerprint density at radius 2 is 2.08 bits per heavy atom. The largest absolute Gasteiger partial charge is 0.478 e. The monoisotopic (exact) mass is 386 g/mol. The summed E-state index contributed by atoms with van der Waals surface area (Å²) in [4.78, 5) is 13.7. The molecule has 2 fully saturated rings. The van der Waals surface area contributed by atoms with Crippen molar-refractivity contribution in [2.75, 3.05) is 19.6 Å². The minimum Gasteiger partial charge on any atom is -0.478 e. The van der Waals surface area contributed by atoms with Gasteiger partial charge in [0.05, 0.1) is 10.5 Å². The van der Waals surface area contributed by atoms with Crippen molar-refractivity contribution >= 4 is 27.6 Å². The summed E-state index contributed by atoms with van der Waals surface area (Å²) in [7, 11) is -3.81. The number of sulfonamides is 1. The van der Waals surface area contributed by atoms with Crippen LogP contribution in [-0.4, -0.2) is 60.4 Å². The number of halogens is 1. The van der Waals surface area contributed by atoms with Gasteiger partial charge in [-0.3, -0.25) is 4.90 Å². The second kappa shape index (κ2) is 6.87. The van der Waals surface area contributed by atoms with Crippen LogP contribution in [0.4, 0.5) is 0 Å². The first-order valence-corrected chi connectivity index (χ1v) is 10.4. The highest BCUT2D eigenvalue weighted by atomic mass is 35.5. The van der Waals surface area contributed by atoms with E-state index in [1.807, 2.05) is 6.92 Å². The van der Waals surface area contributed by atoms with Gasteiger partial charge in [-0.05, 0) is 50.4 Å². The van der Waals surface area contributed by atoms with Crippen LogP contribution in [0.3, 0.4) is 0 Å². The van der Waals surface area contributed by atoms with Crippen molar-refractivity contribution < 1.29 is 18.3 Å². The van der Waals surface area contributed by atoms with Gasteiger partial charge in [-0.2, -0.15) is 4.31 Å². The van der Waals surface area contributed by atoms with E-state index in [-0.39, 0.29) is 27.6 Å². The number of carboxylic acids is 1. The van der Waals surface area contributed by atoms with E-state index in [1.165, 1.54) is 12.1 Å². The molecule has 1 aromatic rings. The van der Waals surface area contributed by atoms with Gasteiger partial charge in [-0.15, -0.1) is 0 Å². The normalized spacial score (nSPS) is 25.1. The van der Waals surface area contributed by atoms with Gasteiger partial charge in [0, 0.05) is 30.2 Å². The zero-order valence-electron chi connectivity index (χ0n) is 14.4. The number of benzene rings is 1. The van der Waals surface area contributed by atoms with E-state index in [2.05, 4.69) is 4.90 Å². The maximum Gasteiger partial charge on any atom is 0.335 e. The molecular formula is C17H23ClN2O4S. The van der Waals surface area contributed by atoms with Crippen molar-refractivity contribution in [3.63, 3.8) is 0 Å². The molecule has 0 bridgehead atoms. The fraction of sp³-hybridized carbons (Fsp3) is 0.588. The van der Waals surface area contributed by atoms with E-state index in [1.54, 1.807) is 11.2 Å². The number of hydrogen-bond donors (Lipinski definition) is 1. The number of aromatic carboxylic acids is 1. The summed E-state index contributed by atoms with van der Waals surface area (Å²) in [5.74, 6) is -1.19. The highest BCUT2D eigenvalue weighted by Gasteiger charge is 2.42. The van der Waals surface area contributed by atoms with Crippen molar-refractivity contribution in [3.05, 3.63) is 28.3 Å². The van der Waals surface area contributed by atoms with E-state index in [9.17, 15) is 18.3 Å². The molecule has 0 saturated carbocycles. The Bertz CT molecular complexity index is 796. The van der Waals surface area contributed by atoms with Gasteiger partial charge < -0.3 is 5.11 Å². The lowest BCUT2D eigenvalue weighted by Crippen LogP contribution is -2.57. The Morgan fingerprint density at radius 3 is 2.72 bits per heavy atom. The minimum absolute atomic E-state index is 0.00213. The lowest BCUT2D eigenvalue weighted by Gasteiger charge is -2.42. The van der Waals surface area contributed by atoms with Gasteiger partial charge in [-0.25, -0.2) is 13.2 Å². The third-order valence-electron chi connectivity index (χ3n) is 5.34. The molecule has 2 atom stereocenters. The molecule has 0 radical (unpaired) electrons. The molecule has 138 valence electrons. The Kier molecular flexibility index (Phi) is 5.12.